The molecule has 4 aromatic rings. The van der Waals surface area contributed by atoms with Crippen LogP contribution in [0.1, 0.15) is 27.3 Å². The Balaban J connectivity index is 1.35. The van der Waals surface area contributed by atoms with Crippen LogP contribution in [0.25, 0.3) is 11.0 Å². The number of amides is 1. The van der Waals surface area contributed by atoms with Gasteiger partial charge in [-0.2, -0.15) is 10.2 Å². The van der Waals surface area contributed by atoms with E-state index in [1.165, 1.54) is 0 Å². The van der Waals surface area contributed by atoms with Crippen LogP contribution in [0.4, 0.5) is 5.95 Å². The number of hydrogen-bond donors (Lipinski definition) is 5. The number of anilines is 1. The number of rotatable bonds is 7. The number of benzene rings is 1. The summed E-state index contributed by atoms with van der Waals surface area (Å²) in [5.74, 6) is 0.476. The number of fused-ring (bicyclic) bond motifs is 1. The molecule has 0 saturated carbocycles. The highest BCUT2D eigenvalue weighted by molar-refractivity contribution is 5.94. The minimum atomic E-state index is -0.253. The first-order valence-electron chi connectivity index (χ1n) is 9.05. The number of tetrazole rings is 1. The molecular weight excluding hydrogens is 374 g/mol. The van der Waals surface area contributed by atoms with Crippen LogP contribution in [-0.4, -0.2) is 48.0 Å². The molecule has 0 radical (unpaired) electrons. The van der Waals surface area contributed by atoms with Gasteiger partial charge in [0.1, 0.15) is 5.65 Å². The highest BCUT2D eigenvalue weighted by Crippen LogP contribution is 2.16. The number of H-pyrrole nitrogens is 3. The van der Waals surface area contributed by atoms with Gasteiger partial charge in [-0.25, -0.2) is 0 Å². The van der Waals surface area contributed by atoms with E-state index in [0.717, 1.165) is 17.5 Å². The maximum absolute atomic E-state index is 12.2. The van der Waals surface area contributed by atoms with E-state index >= 15 is 0 Å². The van der Waals surface area contributed by atoms with E-state index in [-0.39, 0.29) is 17.4 Å². The van der Waals surface area contributed by atoms with Crippen molar-refractivity contribution in [2.45, 2.75) is 19.3 Å². The first kappa shape index (κ1) is 18.3. The van der Waals surface area contributed by atoms with E-state index in [1.807, 2.05) is 12.1 Å². The molecule has 0 aliphatic rings. The number of nitrogen functional groups attached to an aromatic ring is 1. The molecule has 0 aliphatic carbocycles. The highest BCUT2D eigenvalue weighted by Gasteiger charge is 2.11. The fraction of sp³-hybridized carbons (Fsp3) is 0.222. The van der Waals surface area contributed by atoms with E-state index in [0.29, 0.717) is 41.8 Å². The SMILES string of the molecule is Nc1nc2[nH]cc(CCc3ccc(C(=O)NCCc4nn[nH]n4)cc3)c2c(=O)[nH]1. The standard InChI is InChI=1S/C18H19N9O2/c19-18-22-15-14(17(29)23-18)12(9-21-15)6-3-10-1-4-11(5-2-10)16(28)20-8-7-13-24-26-27-25-13/h1-2,4-5,9H,3,6-8H2,(H,20,28)(H,24,25,26,27)(H4,19,21,22,23,29). The predicted molar refractivity (Wildman–Crippen MR) is 105 cm³/mol. The molecule has 0 aliphatic heterocycles. The molecule has 0 bridgehead atoms. The minimum Gasteiger partial charge on any atom is -0.369 e. The lowest BCUT2D eigenvalue weighted by Crippen LogP contribution is -2.25. The van der Waals surface area contributed by atoms with Gasteiger partial charge >= 0.3 is 0 Å². The molecule has 29 heavy (non-hydrogen) atoms. The van der Waals surface area contributed by atoms with Crippen LogP contribution in [0.15, 0.2) is 35.3 Å². The Morgan fingerprint density at radius 2 is 1.97 bits per heavy atom. The summed E-state index contributed by atoms with van der Waals surface area (Å²) in [6, 6.07) is 7.37. The number of carbonyl (C=O) groups excluding carboxylic acids is 1. The van der Waals surface area contributed by atoms with Crippen molar-refractivity contribution in [2.75, 3.05) is 12.3 Å². The zero-order valence-corrected chi connectivity index (χ0v) is 15.4. The fourth-order valence-electron chi connectivity index (χ4n) is 3.10. The number of aromatic amines is 3. The molecule has 1 aromatic carbocycles. The summed E-state index contributed by atoms with van der Waals surface area (Å²) in [5.41, 5.74) is 8.29. The normalized spacial score (nSPS) is 11.0. The smallest absolute Gasteiger partial charge is 0.262 e. The molecule has 0 spiro atoms. The Labute approximate surface area is 164 Å². The van der Waals surface area contributed by atoms with Gasteiger partial charge in [-0.1, -0.05) is 17.3 Å². The van der Waals surface area contributed by atoms with Crippen molar-refractivity contribution in [3.63, 3.8) is 0 Å². The number of nitrogens with two attached hydrogens (primary N) is 1. The first-order valence-corrected chi connectivity index (χ1v) is 9.05. The van der Waals surface area contributed by atoms with Crippen LogP contribution in [0.2, 0.25) is 0 Å². The van der Waals surface area contributed by atoms with Crippen LogP contribution in [0.5, 0.6) is 0 Å². The van der Waals surface area contributed by atoms with Crippen LogP contribution < -0.4 is 16.6 Å². The first-order chi connectivity index (χ1) is 14.1. The lowest BCUT2D eigenvalue weighted by molar-refractivity contribution is 0.0954. The van der Waals surface area contributed by atoms with E-state index in [1.54, 1.807) is 18.3 Å². The summed E-state index contributed by atoms with van der Waals surface area (Å²) in [6.45, 7) is 0.424. The van der Waals surface area contributed by atoms with Crippen LogP contribution in [0, 0.1) is 0 Å². The van der Waals surface area contributed by atoms with Crippen molar-refractivity contribution in [3.8, 4) is 0 Å². The summed E-state index contributed by atoms with van der Waals surface area (Å²) in [6.07, 6.45) is 3.66. The number of nitrogens with zero attached hydrogens (tertiary/aromatic N) is 4. The van der Waals surface area contributed by atoms with E-state index < -0.39 is 0 Å². The van der Waals surface area contributed by atoms with Crippen molar-refractivity contribution >= 4 is 22.9 Å². The average Bonchev–Trinajstić information content (AvgIpc) is 3.36. The highest BCUT2D eigenvalue weighted by atomic mass is 16.1. The van der Waals surface area contributed by atoms with Gasteiger partial charge in [0, 0.05) is 24.7 Å². The summed E-state index contributed by atoms with van der Waals surface area (Å²) in [5, 5.41) is 16.9. The van der Waals surface area contributed by atoms with Gasteiger partial charge in [-0.15, -0.1) is 10.2 Å². The van der Waals surface area contributed by atoms with Gasteiger partial charge < -0.3 is 16.0 Å². The van der Waals surface area contributed by atoms with Crippen LogP contribution >= 0.6 is 0 Å². The lowest BCUT2D eigenvalue weighted by Gasteiger charge is -2.05. The van der Waals surface area contributed by atoms with Crippen molar-refractivity contribution < 1.29 is 4.79 Å². The van der Waals surface area contributed by atoms with Gasteiger partial charge in [-0.3, -0.25) is 14.6 Å². The average molecular weight is 393 g/mol. The largest absolute Gasteiger partial charge is 0.369 e. The van der Waals surface area contributed by atoms with E-state index in [9.17, 15) is 9.59 Å². The summed E-state index contributed by atoms with van der Waals surface area (Å²) >= 11 is 0. The number of aromatic nitrogens is 7. The topological polar surface area (TPSA) is 171 Å². The third kappa shape index (κ3) is 4.13. The van der Waals surface area contributed by atoms with E-state index in [4.69, 9.17) is 5.73 Å². The monoisotopic (exact) mass is 393 g/mol. The van der Waals surface area contributed by atoms with Gasteiger partial charge in [0.2, 0.25) is 5.95 Å². The van der Waals surface area contributed by atoms with E-state index in [2.05, 4.69) is 40.9 Å². The maximum atomic E-state index is 12.2. The van der Waals surface area contributed by atoms with Crippen LogP contribution in [0.3, 0.4) is 0 Å². The predicted octanol–water partition coefficient (Wildman–Crippen LogP) is 0.104. The molecule has 148 valence electrons. The third-order valence-electron chi connectivity index (χ3n) is 4.56. The van der Waals surface area contributed by atoms with Crippen molar-refractivity contribution in [1.82, 2.24) is 40.9 Å². The Morgan fingerprint density at radius 1 is 1.14 bits per heavy atom. The molecule has 0 atom stereocenters. The molecule has 3 aromatic heterocycles. The molecule has 3 heterocycles. The molecular formula is C18H19N9O2. The Morgan fingerprint density at radius 3 is 2.72 bits per heavy atom. The van der Waals surface area contributed by atoms with Gasteiger partial charge in [0.05, 0.1) is 5.39 Å². The quantitative estimate of drug-likeness (QED) is 0.296. The zero-order valence-electron chi connectivity index (χ0n) is 15.4. The second kappa shape index (κ2) is 7.92. The number of nitrogens with one attached hydrogen (secondary N) is 4. The fourth-order valence-corrected chi connectivity index (χ4v) is 3.10. The molecule has 11 heteroatoms. The maximum Gasteiger partial charge on any atom is 0.262 e. The van der Waals surface area contributed by atoms with Gasteiger partial charge in [-0.05, 0) is 36.1 Å². The zero-order chi connectivity index (χ0) is 20.2. The molecule has 11 nitrogen and oxygen atoms in total. The number of aryl methyl sites for hydroxylation is 2. The van der Waals surface area contributed by atoms with Gasteiger partial charge in [0.15, 0.2) is 5.82 Å². The van der Waals surface area contributed by atoms with Crippen molar-refractivity contribution in [3.05, 3.63) is 63.3 Å². The number of hydrogen-bond acceptors (Lipinski definition) is 7. The summed E-state index contributed by atoms with van der Waals surface area (Å²) < 4.78 is 0. The molecule has 6 N–H and O–H groups in total. The van der Waals surface area contributed by atoms with Gasteiger partial charge in [0.25, 0.3) is 11.5 Å². The lowest BCUT2D eigenvalue weighted by atomic mass is 10.0. The molecule has 1 amide bonds. The van der Waals surface area contributed by atoms with Crippen molar-refractivity contribution in [2.24, 2.45) is 0 Å². The second-order valence-corrected chi connectivity index (χ2v) is 6.52. The van der Waals surface area contributed by atoms with Crippen molar-refractivity contribution in [1.29, 1.82) is 0 Å². The molecule has 0 saturated heterocycles. The number of carbonyl (C=O) groups is 1. The second-order valence-electron chi connectivity index (χ2n) is 6.52. The molecule has 0 fully saturated rings. The van der Waals surface area contributed by atoms with Crippen LogP contribution in [-0.2, 0) is 19.3 Å². The minimum absolute atomic E-state index is 0.0852. The Hall–Kier alpha value is -4.02. The summed E-state index contributed by atoms with van der Waals surface area (Å²) in [4.78, 5) is 33.9. The molecule has 0 unspecified atom stereocenters. The summed E-state index contributed by atoms with van der Waals surface area (Å²) in [7, 11) is 0. The third-order valence-corrected chi connectivity index (χ3v) is 4.56. The Bertz CT molecular complexity index is 1180. The molecule has 4 rings (SSSR count). The Kier molecular flexibility index (Phi) is 5.01.